The van der Waals surface area contributed by atoms with Crippen LogP contribution < -0.4 is 0 Å². The highest BCUT2D eigenvalue weighted by Crippen LogP contribution is 2.41. The summed E-state index contributed by atoms with van der Waals surface area (Å²) in [6.07, 6.45) is 2.25. The first kappa shape index (κ1) is 10.9. The molecule has 0 amide bonds. The van der Waals surface area contributed by atoms with E-state index >= 15 is 0 Å². The van der Waals surface area contributed by atoms with E-state index in [1.807, 2.05) is 0 Å². The Kier molecular flexibility index (Phi) is 2.31. The van der Waals surface area contributed by atoms with Crippen molar-refractivity contribution in [2.45, 2.75) is 43.7 Å². The summed E-state index contributed by atoms with van der Waals surface area (Å²) in [4.78, 5) is 11.1. The van der Waals surface area contributed by atoms with Gasteiger partial charge >= 0.3 is 5.97 Å². The Labute approximate surface area is 97.8 Å². The Hall–Kier alpha value is -1.27. The number of cyclic esters (lactones) is 1. The fourth-order valence-electron chi connectivity index (χ4n) is 2.62. The van der Waals surface area contributed by atoms with Crippen LogP contribution in [0.3, 0.4) is 0 Å². The summed E-state index contributed by atoms with van der Waals surface area (Å²) in [6, 6.07) is 0. The van der Waals surface area contributed by atoms with Crippen molar-refractivity contribution in [3.63, 3.8) is 0 Å². The summed E-state index contributed by atoms with van der Waals surface area (Å²) in [5.74, 6) is -2.68. The minimum absolute atomic E-state index is 0.259. The summed E-state index contributed by atoms with van der Waals surface area (Å²) >= 11 is 0. The first-order valence-electron chi connectivity index (χ1n) is 5.76. The normalized spacial score (nSPS) is 35.9. The second kappa shape index (κ2) is 3.61. The smallest absolute Gasteiger partial charge is 0.377 e. The summed E-state index contributed by atoms with van der Waals surface area (Å²) in [6.45, 7) is 0.259. The van der Waals surface area contributed by atoms with E-state index in [0.717, 1.165) is 25.7 Å². The molecule has 17 heavy (non-hydrogen) atoms. The largest absolute Gasteiger partial charge is 0.505 e. The molecule has 2 aliphatic heterocycles. The van der Waals surface area contributed by atoms with Crippen LogP contribution in [-0.2, 0) is 19.0 Å². The van der Waals surface area contributed by atoms with Gasteiger partial charge in [-0.2, -0.15) is 0 Å². The van der Waals surface area contributed by atoms with E-state index in [0.29, 0.717) is 0 Å². The van der Waals surface area contributed by atoms with E-state index in [1.54, 1.807) is 0 Å². The van der Waals surface area contributed by atoms with Gasteiger partial charge in [0.1, 0.15) is 6.10 Å². The molecule has 0 aromatic heterocycles. The second-order valence-corrected chi connectivity index (χ2v) is 4.64. The SMILES string of the molecule is O=C1O[C@@H]([C@@H]2COC3(CCCC3)O2)C(O)=C1O. The molecule has 94 valence electrons. The van der Waals surface area contributed by atoms with E-state index in [2.05, 4.69) is 0 Å². The van der Waals surface area contributed by atoms with E-state index in [-0.39, 0.29) is 6.61 Å². The van der Waals surface area contributed by atoms with Crippen LogP contribution in [0, 0.1) is 0 Å². The number of ether oxygens (including phenoxy) is 3. The third kappa shape index (κ3) is 1.59. The standard InChI is InChI=1S/C11H14O6/c12-7-8(13)10(14)16-9(7)6-5-15-11(17-6)3-1-2-4-11/h6,9,12-13H,1-5H2/t6-,9-/m0/s1. The number of aliphatic hydroxyl groups is 2. The number of rotatable bonds is 1. The van der Waals surface area contributed by atoms with Crippen LogP contribution >= 0.6 is 0 Å². The van der Waals surface area contributed by atoms with Crippen LogP contribution in [0.25, 0.3) is 0 Å². The molecule has 2 N–H and O–H groups in total. The molecule has 6 heteroatoms. The molecule has 2 fully saturated rings. The molecule has 1 aliphatic carbocycles. The van der Waals surface area contributed by atoms with E-state index in [9.17, 15) is 15.0 Å². The van der Waals surface area contributed by atoms with Crippen LogP contribution in [0.5, 0.6) is 0 Å². The van der Waals surface area contributed by atoms with Gasteiger partial charge in [0, 0.05) is 12.8 Å². The highest BCUT2D eigenvalue weighted by Gasteiger charge is 2.50. The molecule has 0 unspecified atom stereocenters. The zero-order valence-corrected chi connectivity index (χ0v) is 9.22. The molecule has 2 atom stereocenters. The summed E-state index contributed by atoms with van der Waals surface area (Å²) in [5, 5.41) is 18.8. The van der Waals surface area contributed by atoms with E-state index < -0.39 is 35.5 Å². The zero-order valence-electron chi connectivity index (χ0n) is 9.22. The molecule has 1 saturated heterocycles. The zero-order chi connectivity index (χ0) is 12.0. The lowest BCUT2D eigenvalue weighted by Crippen LogP contribution is -2.33. The molecule has 1 saturated carbocycles. The van der Waals surface area contributed by atoms with Crippen molar-refractivity contribution < 1.29 is 29.2 Å². The highest BCUT2D eigenvalue weighted by atomic mass is 16.8. The monoisotopic (exact) mass is 242 g/mol. The Morgan fingerprint density at radius 1 is 1.24 bits per heavy atom. The molecular formula is C11H14O6. The van der Waals surface area contributed by atoms with E-state index in [1.165, 1.54) is 0 Å². The average Bonchev–Trinajstić information content (AvgIpc) is 2.99. The molecular weight excluding hydrogens is 228 g/mol. The molecule has 6 nitrogen and oxygen atoms in total. The topological polar surface area (TPSA) is 85.2 Å². The molecule has 3 rings (SSSR count). The van der Waals surface area contributed by atoms with Crippen LogP contribution in [0.1, 0.15) is 25.7 Å². The van der Waals surface area contributed by atoms with E-state index in [4.69, 9.17) is 14.2 Å². The predicted molar refractivity (Wildman–Crippen MR) is 54.2 cm³/mol. The number of carbonyl (C=O) groups excluding carboxylic acids is 1. The van der Waals surface area contributed by atoms with Crippen molar-refractivity contribution in [1.82, 2.24) is 0 Å². The first-order valence-corrected chi connectivity index (χ1v) is 5.76. The fraction of sp³-hybridized carbons (Fsp3) is 0.727. The number of esters is 1. The minimum Gasteiger partial charge on any atom is -0.505 e. The second-order valence-electron chi connectivity index (χ2n) is 4.64. The van der Waals surface area contributed by atoms with Gasteiger partial charge in [0.2, 0.25) is 5.76 Å². The summed E-state index contributed by atoms with van der Waals surface area (Å²) < 4.78 is 16.2. The van der Waals surface area contributed by atoms with Crippen LogP contribution in [0.15, 0.2) is 11.5 Å². The number of aliphatic hydroxyl groups excluding tert-OH is 2. The molecule has 1 spiro atoms. The van der Waals surface area contributed by atoms with Crippen LogP contribution in [0.4, 0.5) is 0 Å². The Balaban J connectivity index is 1.74. The Morgan fingerprint density at radius 2 is 1.94 bits per heavy atom. The van der Waals surface area contributed by atoms with Gasteiger partial charge in [0.25, 0.3) is 0 Å². The third-order valence-corrected chi connectivity index (χ3v) is 3.52. The third-order valence-electron chi connectivity index (χ3n) is 3.52. The molecule has 0 bridgehead atoms. The van der Waals surface area contributed by atoms with Crippen molar-refractivity contribution in [2.75, 3.05) is 6.61 Å². The van der Waals surface area contributed by atoms with Gasteiger partial charge < -0.3 is 24.4 Å². The summed E-state index contributed by atoms with van der Waals surface area (Å²) in [5.41, 5.74) is 0. The van der Waals surface area contributed by atoms with Crippen molar-refractivity contribution >= 4 is 5.97 Å². The van der Waals surface area contributed by atoms with Crippen molar-refractivity contribution in [2.24, 2.45) is 0 Å². The lowest BCUT2D eigenvalue weighted by atomic mass is 10.2. The lowest BCUT2D eigenvalue weighted by Gasteiger charge is -2.23. The maximum Gasteiger partial charge on any atom is 0.377 e. The molecule has 0 radical (unpaired) electrons. The van der Waals surface area contributed by atoms with Gasteiger partial charge in [-0.05, 0) is 12.8 Å². The van der Waals surface area contributed by atoms with Gasteiger partial charge in [0.05, 0.1) is 6.61 Å². The Bertz CT molecular complexity index is 381. The molecule has 0 aromatic rings. The highest BCUT2D eigenvalue weighted by molar-refractivity contribution is 5.89. The minimum atomic E-state index is -0.942. The van der Waals surface area contributed by atoms with Crippen molar-refractivity contribution in [3.05, 3.63) is 11.5 Å². The average molecular weight is 242 g/mol. The maximum absolute atomic E-state index is 11.1. The fourth-order valence-corrected chi connectivity index (χ4v) is 2.62. The van der Waals surface area contributed by atoms with Gasteiger partial charge in [0.15, 0.2) is 17.7 Å². The molecule has 3 aliphatic rings. The number of hydrogen-bond donors (Lipinski definition) is 2. The van der Waals surface area contributed by atoms with Gasteiger partial charge in [-0.25, -0.2) is 4.79 Å². The maximum atomic E-state index is 11.1. The predicted octanol–water partition coefficient (Wildman–Crippen LogP) is 0.925. The number of carbonyl (C=O) groups is 1. The Morgan fingerprint density at radius 3 is 2.53 bits per heavy atom. The summed E-state index contributed by atoms with van der Waals surface area (Å²) in [7, 11) is 0. The number of hydrogen-bond acceptors (Lipinski definition) is 6. The quantitative estimate of drug-likeness (QED) is 0.665. The van der Waals surface area contributed by atoms with Gasteiger partial charge in [-0.1, -0.05) is 0 Å². The first-order chi connectivity index (χ1) is 8.11. The van der Waals surface area contributed by atoms with Crippen molar-refractivity contribution in [3.8, 4) is 0 Å². The van der Waals surface area contributed by atoms with Gasteiger partial charge in [-0.3, -0.25) is 0 Å². The lowest BCUT2D eigenvalue weighted by molar-refractivity contribution is -0.177. The van der Waals surface area contributed by atoms with Gasteiger partial charge in [-0.15, -0.1) is 0 Å². The molecule has 0 aromatic carbocycles. The van der Waals surface area contributed by atoms with Crippen molar-refractivity contribution in [1.29, 1.82) is 0 Å². The van der Waals surface area contributed by atoms with Crippen LogP contribution in [-0.4, -0.2) is 40.8 Å². The van der Waals surface area contributed by atoms with Crippen LogP contribution in [0.2, 0.25) is 0 Å². The molecule has 2 heterocycles.